The minimum Gasteiger partial charge on any atom is -0.460 e. The second-order valence-electron chi connectivity index (χ2n) is 3.86. The number of aromatic nitrogens is 2. The molecule has 0 aromatic carbocycles. The maximum Gasteiger partial charge on any atom is 0.374 e. The van der Waals surface area contributed by atoms with Gasteiger partial charge in [-0.05, 0) is 18.4 Å². The van der Waals surface area contributed by atoms with Crippen LogP contribution in [0, 0.1) is 0 Å². The number of methoxy groups -OCH3 is 1. The van der Waals surface area contributed by atoms with Gasteiger partial charge in [-0.1, -0.05) is 6.07 Å². The summed E-state index contributed by atoms with van der Waals surface area (Å²) in [5.41, 5.74) is 0. The van der Waals surface area contributed by atoms with Gasteiger partial charge < -0.3 is 14.0 Å². The summed E-state index contributed by atoms with van der Waals surface area (Å²) in [6, 6.07) is 3.99. The van der Waals surface area contributed by atoms with Gasteiger partial charge in [0.1, 0.15) is 6.10 Å². The average Bonchev–Trinajstić information content (AvgIpc) is 3.07. The van der Waals surface area contributed by atoms with Gasteiger partial charge in [0.15, 0.2) is 0 Å². The molecule has 102 valence electrons. The second kappa shape index (κ2) is 6.49. The Bertz CT molecular complexity index is 522. The van der Waals surface area contributed by atoms with Crippen LogP contribution in [0.4, 0.5) is 0 Å². The Morgan fingerprint density at radius 1 is 1.58 bits per heavy atom. The highest BCUT2D eigenvalue weighted by atomic mass is 32.1. The van der Waals surface area contributed by atoms with Crippen molar-refractivity contribution in [2.45, 2.75) is 19.6 Å². The lowest BCUT2D eigenvalue weighted by atomic mass is 10.3. The van der Waals surface area contributed by atoms with Crippen LogP contribution in [0.15, 0.2) is 29.9 Å². The summed E-state index contributed by atoms with van der Waals surface area (Å²) in [7, 11) is 1.66. The van der Waals surface area contributed by atoms with Crippen molar-refractivity contribution in [2.24, 2.45) is 0 Å². The SMILES string of the molecule is CCOC(=O)c1nccn1C[C@H](OC)c1cccs1. The molecule has 2 aromatic rings. The van der Waals surface area contributed by atoms with Crippen molar-refractivity contribution in [3.8, 4) is 0 Å². The summed E-state index contributed by atoms with van der Waals surface area (Å²) in [5.74, 6) is -0.103. The van der Waals surface area contributed by atoms with Gasteiger partial charge in [0.05, 0.1) is 13.2 Å². The molecule has 0 saturated carbocycles. The molecule has 0 aliphatic rings. The Balaban J connectivity index is 2.14. The van der Waals surface area contributed by atoms with Gasteiger partial charge >= 0.3 is 5.97 Å². The van der Waals surface area contributed by atoms with Crippen LogP contribution in [-0.4, -0.2) is 29.2 Å². The van der Waals surface area contributed by atoms with Crippen LogP contribution < -0.4 is 0 Å². The molecule has 5 nitrogen and oxygen atoms in total. The number of hydrogen-bond donors (Lipinski definition) is 0. The van der Waals surface area contributed by atoms with E-state index in [1.807, 2.05) is 17.5 Å². The molecule has 0 saturated heterocycles. The van der Waals surface area contributed by atoms with Gasteiger partial charge in [0, 0.05) is 24.4 Å². The predicted molar refractivity (Wildman–Crippen MR) is 72.3 cm³/mol. The zero-order valence-corrected chi connectivity index (χ0v) is 11.7. The summed E-state index contributed by atoms with van der Waals surface area (Å²) < 4.78 is 12.2. The third-order valence-corrected chi connectivity index (χ3v) is 3.65. The van der Waals surface area contributed by atoms with Crippen molar-refractivity contribution >= 4 is 17.3 Å². The van der Waals surface area contributed by atoms with Crippen molar-refractivity contribution in [3.05, 3.63) is 40.6 Å². The number of hydrogen-bond acceptors (Lipinski definition) is 5. The minimum atomic E-state index is -0.409. The molecule has 0 spiro atoms. The molecule has 6 heteroatoms. The van der Waals surface area contributed by atoms with E-state index < -0.39 is 5.97 Å². The lowest BCUT2D eigenvalue weighted by Crippen LogP contribution is -2.17. The maximum absolute atomic E-state index is 11.7. The number of esters is 1. The number of rotatable bonds is 6. The largest absolute Gasteiger partial charge is 0.460 e. The molecular weight excluding hydrogens is 264 g/mol. The molecule has 2 heterocycles. The normalized spacial score (nSPS) is 12.3. The summed E-state index contributed by atoms with van der Waals surface area (Å²) in [6.45, 7) is 2.64. The molecule has 0 fully saturated rings. The Kier molecular flexibility index (Phi) is 4.70. The molecule has 0 unspecified atom stereocenters. The van der Waals surface area contributed by atoms with Crippen molar-refractivity contribution in [2.75, 3.05) is 13.7 Å². The molecule has 1 atom stereocenters. The molecular formula is C13H16N2O3S. The third kappa shape index (κ3) is 3.21. The van der Waals surface area contributed by atoms with E-state index >= 15 is 0 Å². The van der Waals surface area contributed by atoms with Gasteiger partial charge in [-0.3, -0.25) is 0 Å². The summed E-state index contributed by atoms with van der Waals surface area (Å²) in [4.78, 5) is 16.9. The van der Waals surface area contributed by atoms with Crippen LogP contribution in [0.5, 0.6) is 0 Å². The minimum absolute atomic E-state index is 0.0950. The molecule has 0 bridgehead atoms. The van der Waals surface area contributed by atoms with E-state index in [0.29, 0.717) is 19.0 Å². The average molecular weight is 280 g/mol. The fourth-order valence-corrected chi connectivity index (χ4v) is 2.57. The lowest BCUT2D eigenvalue weighted by molar-refractivity contribution is 0.0493. The van der Waals surface area contributed by atoms with Crippen molar-refractivity contribution in [1.82, 2.24) is 9.55 Å². The van der Waals surface area contributed by atoms with Gasteiger partial charge in [0.2, 0.25) is 5.82 Å². The number of ether oxygens (including phenoxy) is 2. The molecule has 0 aliphatic heterocycles. The molecule has 0 radical (unpaired) electrons. The quantitative estimate of drug-likeness (QED) is 0.763. The second-order valence-corrected chi connectivity index (χ2v) is 4.84. The van der Waals surface area contributed by atoms with Crippen LogP contribution in [0.2, 0.25) is 0 Å². The van der Waals surface area contributed by atoms with E-state index in [2.05, 4.69) is 4.98 Å². The zero-order valence-electron chi connectivity index (χ0n) is 10.9. The Hall–Kier alpha value is -1.66. The van der Waals surface area contributed by atoms with Crippen LogP contribution in [0.1, 0.15) is 28.5 Å². The monoisotopic (exact) mass is 280 g/mol. The first-order valence-electron chi connectivity index (χ1n) is 6.00. The molecule has 2 rings (SSSR count). The van der Waals surface area contributed by atoms with Crippen LogP contribution >= 0.6 is 11.3 Å². The Morgan fingerprint density at radius 2 is 2.42 bits per heavy atom. The molecule has 2 aromatic heterocycles. The number of carbonyl (C=O) groups is 1. The van der Waals surface area contributed by atoms with E-state index in [-0.39, 0.29) is 6.10 Å². The summed E-state index contributed by atoms with van der Waals surface area (Å²) >= 11 is 1.63. The fraction of sp³-hybridized carbons (Fsp3) is 0.385. The third-order valence-electron chi connectivity index (χ3n) is 2.68. The summed E-state index contributed by atoms with van der Waals surface area (Å²) in [6.07, 6.45) is 3.25. The first-order valence-corrected chi connectivity index (χ1v) is 6.88. The highest BCUT2D eigenvalue weighted by Crippen LogP contribution is 2.24. The smallest absolute Gasteiger partial charge is 0.374 e. The summed E-state index contributed by atoms with van der Waals surface area (Å²) in [5, 5.41) is 2.00. The molecule has 0 amide bonds. The number of thiophene rings is 1. The van der Waals surface area contributed by atoms with Crippen LogP contribution in [0.3, 0.4) is 0 Å². The van der Waals surface area contributed by atoms with Crippen LogP contribution in [-0.2, 0) is 16.0 Å². The predicted octanol–water partition coefficient (Wildman–Crippen LogP) is 2.51. The van der Waals surface area contributed by atoms with Crippen LogP contribution in [0.25, 0.3) is 0 Å². The first-order chi connectivity index (χ1) is 9.26. The number of carbonyl (C=O) groups excluding carboxylic acids is 1. The highest BCUT2D eigenvalue weighted by Gasteiger charge is 2.18. The van der Waals surface area contributed by atoms with Gasteiger partial charge in [-0.25, -0.2) is 9.78 Å². The Morgan fingerprint density at radius 3 is 3.05 bits per heavy atom. The highest BCUT2D eigenvalue weighted by molar-refractivity contribution is 7.10. The molecule has 0 N–H and O–H groups in total. The van der Waals surface area contributed by atoms with Crippen molar-refractivity contribution in [1.29, 1.82) is 0 Å². The van der Waals surface area contributed by atoms with E-state index in [4.69, 9.17) is 9.47 Å². The first kappa shape index (κ1) is 13.8. The van der Waals surface area contributed by atoms with Gasteiger partial charge in [-0.15, -0.1) is 11.3 Å². The lowest BCUT2D eigenvalue weighted by Gasteiger charge is -2.15. The van der Waals surface area contributed by atoms with E-state index in [1.165, 1.54) is 0 Å². The van der Waals surface area contributed by atoms with Crippen molar-refractivity contribution in [3.63, 3.8) is 0 Å². The topological polar surface area (TPSA) is 53.3 Å². The molecule has 0 aliphatic carbocycles. The standard InChI is InChI=1S/C13H16N2O3S/c1-3-18-13(16)12-14-6-7-15(12)9-10(17-2)11-5-4-8-19-11/h4-8,10H,3,9H2,1-2H3/t10-/m0/s1. The van der Waals surface area contributed by atoms with Gasteiger partial charge in [0.25, 0.3) is 0 Å². The van der Waals surface area contributed by atoms with E-state index in [9.17, 15) is 4.79 Å². The fourth-order valence-electron chi connectivity index (χ4n) is 1.78. The van der Waals surface area contributed by atoms with Crippen molar-refractivity contribution < 1.29 is 14.3 Å². The van der Waals surface area contributed by atoms with Gasteiger partial charge in [-0.2, -0.15) is 0 Å². The van der Waals surface area contributed by atoms with E-state index in [0.717, 1.165) is 4.88 Å². The zero-order chi connectivity index (χ0) is 13.7. The van der Waals surface area contributed by atoms with E-state index in [1.54, 1.807) is 42.3 Å². The number of imidazole rings is 1. The maximum atomic E-state index is 11.7. The number of nitrogens with zero attached hydrogens (tertiary/aromatic N) is 2. The Labute approximate surface area is 115 Å². The molecule has 19 heavy (non-hydrogen) atoms.